The summed E-state index contributed by atoms with van der Waals surface area (Å²) in [6.45, 7) is 29.4. The van der Waals surface area contributed by atoms with Crippen LogP contribution in [0.5, 0.6) is 0 Å². The van der Waals surface area contributed by atoms with E-state index in [1.54, 1.807) is 89.0 Å². The highest BCUT2D eigenvalue weighted by molar-refractivity contribution is 7.16. The van der Waals surface area contributed by atoms with Crippen LogP contribution in [-0.4, -0.2) is 11.1 Å². The number of rotatable bonds is 30. The second kappa shape index (κ2) is 29.1. The summed E-state index contributed by atoms with van der Waals surface area (Å²) < 4.78 is 0. The minimum absolute atomic E-state index is 0.129. The molecule has 5 heteroatoms. The third-order valence-corrected chi connectivity index (χ3v) is 28.7. The third-order valence-electron chi connectivity index (χ3n) is 27.6. The highest BCUT2D eigenvalue weighted by atomic mass is 32.1. The maximum absolute atomic E-state index is 12.1. The number of hydrogen-bond donors (Lipinski definition) is 1. The minimum Gasteiger partial charge on any atom is -0.477 e. The van der Waals surface area contributed by atoms with Gasteiger partial charge >= 0.3 is 5.97 Å². The van der Waals surface area contributed by atoms with E-state index in [4.69, 9.17) is 0 Å². The maximum Gasteiger partial charge on any atom is 0.346 e. The highest BCUT2D eigenvalue weighted by Crippen LogP contribution is 2.74. The molecule has 0 atom stereocenters. The van der Waals surface area contributed by atoms with Crippen molar-refractivity contribution in [3.05, 3.63) is 247 Å². The van der Waals surface area contributed by atoms with E-state index in [2.05, 4.69) is 252 Å². The molecule has 558 valence electrons. The topological polar surface area (TPSA) is 64.3 Å². The average molecular weight is 1460 g/mol. The van der Waals surface area contributed by atoms with Crippen molar-refractivity contribution in [2.75, 3.05) is 4.90 Å². The second-order valence-corrected chi connectivity index (χ2v) is 34.8. The molecule has 10 aromatic rings. The van der Waals surface area contributed by atoms with Gasteiger partial charge in [0, 0.05) is 59.3 Å². The highest BCUT2D eigenvalue weighted by Gasteiger charge is 2.60. The zero-order valence-electron chi connectivity index (χ0n) is 67.4. The molecule has 109 heavy (non-hydrogen) atoms. The van der Waals surface area contributed by atoms with Gasteiger partial charge in [0.25, 0.3) is 0 Å². The van der Waals surface area contributed by atoms with Gasteiger partial charge in [-0.15, -0.1) is 11.3 Å². The number of carbonyl (C=O) groups is 1. The first-order chi connectivity index (χ1) is 53.2. The Bertz CT molecular complexity index is 4980. The fraction of sp³-hybridized carbons (Fsp3) is 0.404. The molecule has 0 saturated carbocycles. The van der Waals surface area contributed by atoms with E-state index >= 15 is 0 Å². The van der Waals surface area contributed by atoms with Crippen molar-refractivity contribution < 1.29 is 9.90 Å². The van der Waals surface area contributed by atoms with Crippen LogP contribution in [0.2, 0.25) is 0 Å². The molecule has 0 spiro atoms. The number of aliphatic carboxylic acids is 1. The third kappa shape index (κ3) is 10.5. The van der Waals surface area contributed by atoms with Crippen molar-refractivity contribution in [1.29, 1.82) is 5.26 Å². The van der Waals surface area contributed by atoms with Crippen LogP contribution < -0.4 is 4.90 Å². The molecule has 4 nitrogen and oxygen atoms in total. The molecule has 6 aliphatic carbocycles. The monoisotopic (exact) mass is 1450 g/mol. The van der Waals surface area contributed by atoms with Gasteiger partial charge in [0.05, 0.1) is 0 Å². The summed E-state index contributed by atoms with van der Waals surface area (Å²) in [6, 6.07) is 70.2. The molecule has 1 N–H and O–H groups in total. The van der Waals surface area contributed by atoms with Crippen LogP contribution in [0.3, 0.4) is 0 Å². The molecule has 0 unspecified atom stereocenters. The first kappa shape index (κ1) is 74.3. The number of nitriles is 1. The van der Waals surface area contributed by atoms with Gasteiger partial charge in [-0.1, -0.05) is 281 Å². The Kier molecular flexibility index (Phi) is 19.8. The van der Waals surface area contributed by atoms with E-state index in [0.717, 1.165) is 175 Å². The van der Waals surface area contributed by atoms with E-state index in [-0.39, 0.29) is 38.1 Å². The van der Waals surface area contributed by atoms with Crippen LogP contribution in [-0.2, 0) is 37.3 Å². The quantitative estimate of drug-likeness (QED) is 0.0360. The van der Waals surface area contributed by atoms with Crippen LogP contribution in [0.4, 0.5) is 17.1 Å². The number of benzene rings is 9. The van der Waals surface area contributed by atoms with E-state index in [9.17, 15) is 15.2 Å². The summed E-state index contributed by atoms with van der Waals surface area (Å²) in [5, 5.41) is 19.7. The molecule has 9 aromatic carbocycles. The van der Waals surface area contributed by atoms with Crippen LogP contribution in [0.1, 0.15) is 309 Å². The molecule has 1 aromatic heterocycles. The lowest BCUT2D eigenvalue weighted by molar-refractivity contribution is -0.132. The maximum atomic E-state index is 12.1. The van der Waals surface area contributed by atoms with Crippen LogP contribution in [0.25, 0.3) is 83.3 Å². The van der Waals surface area contributed by atoms with Gasteiger partial charge < -0.3 is 10.0 Å². The predicted molar refractivity (Wildman–Crippen MR) is 462 cm³/mol. The summed E-state index contributed by atoms with van der Waals surface area (Å²) in [4.78, 5) is 16.6. The van der Waals surface area contributed by atoms with Gasteiger partial charge in [-0.2, -0.15) is 5.26 Å². The Hall–Kier alpha value is -8.82. The zero-order valence-corrected chi connectivity index (χ0v) is 68.2. The fourth-order valence-corrected chi connectivity index (χ4v) is 25.9. The largest absolute Gasteiger partial charge is 0.477 e. The Morgan fingerprint density at radius 3 is 0.862 bits per heavy atom. The van der Waals surface area contributed by atoms with Crippen molar-refractivity contribution in [2.24, 2.45) is 0 Å². The van der Waals surface area contributed by atoms with Crippen molar-refractivity contribution >= 4 is 40.4 Å². The van der Waals surface area contributed by atoms with Crippen molar-refractivity contribution in [2.45, 2.75) is 270 Å². The number of carboxylic acids is 1. The Morgan fingerprint density at radius 2 is 0.596 bits per heavy atom. The van der Waals surface area contributed by atoms with Crippen LogP contribution in [0, 0.1) is 11.3 Å². The summed E-state index contributed by atoms with van der Waals surface area (Å²) in [5.41, 5.74) is 40.2. The van der Waals surface area contributed by atoms with Crippen molar-refractivity contribution in [3.8, 4) is 83.3 Å². The number of carboxylic acid groups (broad SMARTS) is 1. The fourth-order valence-electron chi connectivity index (χ4n) is 24.9. The molecule has 0 aliphatic heterocycles. The van der Waals surface area contributed by atoms with Gasteiger partial charge in [-0.05, 0) is 271 Å². The van der Waals surface area contributed by atoms with E-state index in [1.165, 1.54) is 73.3 Å². The van der Waals surface area contributed by atoms with E-state index in [1.807, 2.05) is 12.1 Å². The Labute approximate surface area is 656 Å². The lowest BCUT2D eigenvalue weighted by atomic mass is 9.64. The Morgan fingerprint density at radius 1 is 0.339 bits per heavy atom. The average Bonchev–Trinajstić information content (AvgIpc) is 1.49. The lowest BCUT2D eigenvalue weighted by Gasteiger charge is -2.39. The standard InChI is InChI=1S/C104H114N2O2S/c1-13-51-99(52-14-2)81-39-31-27-35-75(81)88-92(99)86-73-33-25-29-37-79(73)101(55-17-5,56-18-6)94(86)90-77-48-45-70(64-83(77)103(59-21-9,60-22-10)96(88)90)106(69-43-41-67(42-44-69)85-50-47-72(109-85)63-68(66-105)98(107)108)71-46-49-78-84(65-71)104(61-23-11,62-24-12)97-89-76-36-28-32-40-82(76)100(53-15-3,54-16-4)93(89)87-74-34-26-30-38-80(74)102(57-19-7,58-20-8)95(87)91(78)97/h25-50,63-65H,13-24,51-62H2,1-12H3,(H,107,108)/b68-63+. The normalized spacial score (nSPS) is 16.2. The smallest absolute Gasteiger partial charge is 0.346 e. The van der Waals surface area contributed by atoms with Gasteiger partial charge in [-0.3, -0.25) is 0 Å². The van der Waals surface area contributed by atoms with Crippen LogP contribution >= 0.6 is 11.3 Å². The molecule has 0 radical (unpaired) electrons. The molecule has 0 amide bonds. The number of thiophene rings is 1. The molecule has 0 bridgehead atoms. The number of nitrogens with zero attached hydrogens (tertiary/aromatic N) is 2. The van der Waals surface area contributed by atoms with Gasteiger partial charge in [-0.25, -0.2) is 4.79 Å². The SMILES string of the molecule is CCCC1(CCC)c2ccccc2-c2c1c1c(c3c2C(CCC)(CCC)c2cc(N(c4ccc(-c5ccc(/C=C(\C#N)C(=O)O)s5)cc4)c4ccc5c(c4)C(CCC)(CCC)c4c6c(c7c(c4-5)C(CCC)(CCC)c4ccccc4-7)C(CCC)(CCC)c4ccccc4-6)ccc2-3)C(CCC)(CCC)c2ccccc2-1. The molecular weight excluding hydrogens is 1340 g/mol. The number of hydrogen-bond acceptors (Lipinski definition) is 4. The van der Waals surface area contributed by atoms with Gasteiger partial charge in [0.15, 0.2) is 0 Å². The van der Waals surface area contributed by atoms with Crippen LogP contribution in [0.15, 0.2) is 175 Å². The lowest BCUT2D eigenvalue weighted by Crippen LogP contribution is -2.30. The molecule has 6 aliphatic rings. The van der Waals surface area contributed by atoms with Gasteiger partial charge in [0.2, 0.25) is 0 Å². The predicted octanol–water partition coefficient (Wildman–Crippen LogP) is 30.1. The first-order valence-corrected chi connectivity index (χ1v) is 43.6. The number of anilines is 3. The van der Waals surface area contributed by atoms with E-state index < -0.39 is 5.97 Å². The Balaban J connectivity index is 1.01. The molecule has 1 heterocycles. The summed E-state index contributed by atoms with van der Waals surface area (Å²) >= 11 is 1.52. The zero-order chi connectivity index (χ0) is 75.9. The summed E-state index contributed by atoms with van der Waals surface area (Å²) in [7, 11) is 0. The summed E-state index contributed by atoms with van der Waals surface area (Å²) in [6.07, 6.45) is 27.7. The molecule has 0 fully saturated rings. The molecule has 0 saturated heterocycles. The van der Waals surface area contributed by atoms with Crippen molar-refractivity contribution in [3.63, 3.8) is 0 Å². The molecule has 16 rings (SSSR count). The van der Waals surface area contributed by atoms with Gasteiger partial charge in [0.1, 0.15) is 11.6 Å². The van der Waals surface area contributed by atoms with E-state index in [0.29, 0.717) is 0 Å². The second-order valence-electron chi connectivity index (χ2n) is 33.7. The summed E-state index contributed by atoms with van der Waals surface area (Å²) in [5.74, 6) is -1.22. The van der Waals surface area contributed by atoms with Crippen molar-refractivity contribution in [1.82, 2.24) is 0 Å². The first-order valence-electron chi connectivity index (χ1n) is 42.8. The minimum atomic E-state index is -1.22. The molecular formula is C104H114N2O2S. The number of fused-ring (bicyclic) bond motifs is 24.